The third-order valence-corrected chi connectivity index (χ3v) is 4.64. The van der Waals surface area contributed by atoms with Gasteiger partial charge < -0.3 is 19.0 Å². The Morgan fingerprint density at radius 1 is 1.50 bits per heavy atom. The highest BCUT2D eigenvalue weighted by Crippen LogP contribution is 2.27. The van der Waals surface area contributed by atoms with Gasteiger partial charge in [-0.3, -0.25) is 9.69 Å². The van der Waals surface area contributed by atoms with Gasteiger partial charge in [-0.05, 0) is 30.8 Å². The van der Waals surface area contributed by atoms with Crippen LogP contribution in [0.4, 0.5) is 0 Å². The van der Waals surface area contributed by atoms with Crippen LogP contribution < -0.4 is 5.32 Å². The van der Waals surface area contributed by atoms with E-state index in [1.54, 1.807) is 6.33 Å². The number of hydrogen-bond donors (Lipinski definition) is 1. The maximum atomic E-state index is 11.9. The molecule has 0 radical (unpaired) electrons. The van der Waals surface area contributed by atoms with Crippen molar-refractivity contribution in [3.05, 3.63) is 24.2 Å². The van der Waals surface area contributed by atoms with Gasteiger partial charge in [0.2, 0.25) is 5.91 Å². The van der Waals surface area contributed by atoms with Gasteiger partial charge in [0, 0.05) is 26.7 Å². The molecule has 9 heteroatoms. The van der Waals surface area contributed by atoms with E-state index in [1.165, 1.54) is 11.8 Å². The van der Waals surface area contributed by atoms with Crippen LogP contribution >= 0.6 is 11.8 Å². The number of nitrogens with zero attached hydrogens (tertiary/aromatic N) is 4. The maximum Gasteiger partial charge on any atom is 0.250 e. The van der Waals surface area contributed by atoms with E-state index in [1.807, 2.05) is 30.7 Å². The van der Waals surface area contributed by atoms with E-state index >= 15 is 0 Å². The number of amides is 1. The minimum atomic E-state index is -0.416. The van der Waals surface area contributed by atoms with E-state index in [0.717, 1.165) is 22.6 Å². The summed E-state index contributed by atoms with van der Waals surface area (Å²) < 4.78 is 13.2. The molecular weight excluding hydrogens is 330 g/mol. The average molecular weight is 351 g/mol. The first-order chi connectivity index (χ1) is 11.7. The van der Waals surface area contributed by atoms with Crippen LogP contribution in [-0.2, 0) is 23.1 Å². The van der Waals surface area contributed by atoms with Crippen LogP contribution in [0, 0.1) is 0 Å². The predicted octanol–water partition coefficient (Wildman–Crippen LogP) is 0.896. The molecule has 1 atom stereocenters. The van der Waals surface area contributed by atoms with Gasteiger partial charge in [-0.25, -0.2) is 0 Å². The zero-order chi connectivity index (χ0) is 16.9. The number of aromatic nitrogens is 3. The highest BCUT2D eigenvalue weighted by atomic mass is 32.2. The van der Waals surface area contributed by atoms with Crippen LogP contribution in [0.25, 0.3) is 0 Å². The molecule has 0 saturated carbocycles. The van der Waals surface area contributed by atoms with Crippen molar-refractivity contribution in [3.8, 4) is 0 Å². The zero-order valence-electron chi connectivity index (χ0n) is 13.8. The number of carbonyl (C=O) groups is 1. The lowest BCUT2D eigenvalue weighted by atomic mass is 10.2. The summed E-state index contributed by atoms with van der Waals surface area (Å²) in [5, 5.41) is 12.2. The van der Waals surface area contributed by atoms with E-state index in [9.17, 15) is 4.79 Å². The Balaban J connectivity index is 1.56. The van der Waals surface area contributed by atoms with E-state index in [4.69, 9.17) is 9.15 Å². The molecule has 1 fully saturated rings. The number of rotatable bonds is 6. The van der Waals surface area contributed by atoms with Crippen molar-refractivity contribution in [2.45, 2.75) is 29.8 Å². The molecule has 3 heterocycles. The Hall–Kier alpha value is -1.84. The quantitative estimate of drug-likeness (QED) is 0.827. The summed E-state index contributed by atoms with van der Waals surface area (Å²) in [6.07, 6.45) is 1.24. The number of nitrogens with one attached hydrogen (secondary N) is 1. The first kappa shape index (κ1) is 17.0. The van der Waals surface area contributed by atoms with E-state index < -0.39 is 6.10 Å². The normalized spacial score (nSPS) is 18.7. The van der Waals surface area contributed by atoms with Gasteiger partial charge in [0.25, 0.3) is 0 Å². The summed E-state index contributed by atoms with van der Waals surface area (Å²) in [7, 11) is 1.89. The Labute approximate surface area is 144 Å². The molecule has 8 nitrogen and oxygen atoms in total. The van der Waals surface area contributed by atoms with Gasteiger partial charge in [-0.2, -0.15) is 0 Å². The van der Waals surface area contributed by atoms with Crippen LogP contribution in [0.5, 0.6) is 0 Å². The fraction of sp³-hybridized carbons (Fsp3) is 0.533. The summed E-state index contributed by atoms with van der Waals surface area (Å²) >= 11 is 1.43. The highest BCUT2D eigenvalue weighted by Gasteiger charge is 2.26. The number of furan rings is 1. The van der Waals surface area contributed by atoms with Crippen LogP contribution in [0.3, 0.4) is 0 Å². The lowest BCUT2D eigenvalue weighted by Crippen LogP contribution is -2.49. The van der Waals surface area contributed by atoms with Crippen molar-refractivity contribution >= 4 is 17.7 Å². The minimum Gasteiger partial charge on any atom is -0.453 e. The predicted molar refractivity (Wildman–Crippen MR) is 87.5 cm³/mol. The molecule has 0 bridgehead atoms. The Bertz CT molecular complexity index is 686. The molecule has 1 N–H and O–H groups in total. The van der Waals surface area contributed by atoms with E-state index in [-0.39, 0.29) is 5.91 Å². The van der Waals surface area contributed by atoms with Gasteiger partial charge in [0.1, 0.15) is 18.2 Å². The molecule has 1 aliphatic rings. The molecule has 0 spiro atoms. The third-order valence-electron chi connectivity index (χ3n) is 3.67. The van der Waals surface area contributed by atoms with Crippen LogP contribution in [0.2, 0.25) is 0 Å². The molecule has 1 saturated heterocycles. The van der Waals surface area contributed by atoms with Gasteiger partial charge in [0.15, 0.2) is 10.2 Å². The number of carbonyl (C=O) groups excluding carboxylic acids is 1. The average Bonchev–Trinajstić information content (AvgIpc) is 3.18. The van der Waals surface area contributed by atoms with Gasteiger partial charge >= 0.3 is 0 Å². The second-order valence-corrected chi connectivity index (χ2v) is 6.51. The van der Waals surface area contributed by atoms with Crippen molar-refractivity contribution in [3.63, 3.8) is 0 Å². The largest absolute Gasteiger partial charge is 0.453 e. The molecule has 1 aliphatic heterocycles. The van der Waals surface area contributed by atoms with Crippen LogP contribution in [0.1, 0.15) is 12.7 Å². The summed E-state index contributed by atoms with van der Waals surface area (Å²) in [5.41, 5.74) is 0. The summed E-state index contributed by atoms with van der Waals surface area (Å²) in [4.78, 5) is 14.1. The highest BCUT2D eigenvalue weighted by molar-refractivity contribution is 7.99. The van der Waals surface area contributed by atoms with Crippen molar-refractivity contribution in [2.75, 3.05) is 26.2 Å². The monoisotopic (exact) mass is 351 g/mol. The summed E-state index contributed by atoms with van der Waals surface area (Å²) in [5.74, 6) is 0.802. The molecular formula is C15H21N5O3S. The summed E-state index contributed by atoms with van der Waals surface area (Å²) in [6, 6.07) is 3.88. The second-order valence-electron chi connectivity index (χ2n) is 5.54. The number of hydrogen-bond acceptors (Lipinski definition) is 7. The van der Waals surface area contributed by atoms with Gasteiger partial charge in [-0.15, -0.1) is 10.2 Å². The number of aryl methyl sites for hydroxylation is 1. The smallest absolute Gasteiger partial charge is 0.250 e. The SMILES string of the molecule is CCNC(=O)[C@H]1CN(Cc2ccc(Sc3nncn3C)o2)CCO1. The molecule has 0 unspecified atom stereocenters. The Morgan fingerprint density at radius 3 is 3.12 bits per heavy atom. The van der Waals surface area contributed by atoms with Crippen LogP contribution in [-0.4, -0.2) is 57.9 Å². The number of morpholine rings is 1. The zero-order valence-corrected chi connectivity index (χ0v) is 14.6. The van der Waals surface area contributed by atoms with Crippen molar-refractivity contribution in [2.24, 2.45) is 7.05 Å². The lowest BCUT2D eigenvalue weighted by molar-refractivity contribution is -0.138. The molecule has 0 aromatic carbocycles. The molecule has 0 aliphatic carbocycles. The fourth-order valence-electron chi connectivity index (χ4n) is 2.47. The van der Waals surface area contributed by atoms with Gasteiger partial charge in [-0.1, -0.05) is 0 Å². The van der Waals surface area contributed by atoms with Crippen LogP contribution in [0.15, 0.2) is 33.1 Å². The lowest BCUT2D eigenvalue weighted by Gasteiger charge is -2.31. The first-order valence-electron chi connectivity index (χ1n) is 7.88. The van der Waals surface area contributed by atoms with Crippen molar-refractivity contribution in [1.29, 1.82) is 0 Å². The Kier molecular flexibility index (Phi) is 5.54. The topological polar surface area (TPSA) is 85.4 Å². The van der Waals surface area contributed by atoms with Crippen molar-refractivity contribution in [1.82, 2.24) is 25.0 Å². The molecule has 2 aromatic rings. The molecule has 24 heavy (non-hydrogen) atoms. The van der Waals surface area contributed by atoms with Gasteiger partial charge in [0.05, 0.1) is 13.2 Å². The Morgan fingerprint density at radius 2 is 2.38 bits per heavy atom. The second kappa shape index (κ2) is 7.82. The number of ether oxygens (including phenoxy) is 1. The molecule has 130 valence electrons. The molecule has 2 aromatic heterocycles. The molecule has 3 rings (SSSR count). The summed E-state index contributed by atoms with van der Waals surface area (Å²) in [6.45, 7) is 5.06. The maximum absolute atomic E-state index is 11.9. The fourth-order valence-corrected chi connectivity index (χ4v) is 3.21. The standard InChI is InChI=1S/C15H21N5O3S/c1-3-16-14(21)12-9-20(6-7-22-12)8-11-4-5-13(23-11)24-15-18-17-10-19(15)2/h4-5,10,12H,3,6-9H2,1-2H3,(H,16,21)/t12-/m1/s1. The first-order valence-corrected chi connectivity index (χ1v) is 8.69. The van der Waals surface area contributed by atoms with Crippen molar-refractivity contribution < 1.29 is 13.9 Å². The number of likely N-dealkylation sites (N-methyl/N-ethyl adjacent to an activating group) is 1. The molecule has 1 amide bonds. The third kappa shape index (κ3) is 4.16. The van der Waals surface area contributed by atoms with E-state index in [0.29, 0.717) is 26.2 Å². The van der Waals surface area contributed by atoms with E-state index in [2.05, 4.69) is 20.4 Å². The minimum absolute atomic E-state index is 0.0554.